The highest BCUT2D eigenvalue weighted by atomic mass is 16.1. The first-order valence-corrected chi connectivity index (χ1v) is 4.67. The number of ketones is 1. The lowest BCUT2D eigenvalue weighted by Crippen LogP contribution is -1.97. The van der Waals surface area contributed by atoms with Gasteiger partial charge in [0.05, 0.1) is 11.6 Å². The van der Waals surface area contributed by atoms with Crippen LogP contribution in [0.15, 0.2) is 36.4 Å². The smallest absolute Gasteiger partial charge is 0.161 e. The van der Waals surface area contributed by atoms with E-state index in [0.717, 1.165) is 10.8 Å². The van der Waals surface area contributed by atoms with Crippen molar-refractivity contribution in [1.82, 2.24) is 0 Å². The molecule has 0 saturated carbocycles. The standard InChI is InChI=1S/C13H9NO/c1-9(15)13-11(8-14)7-6-10-4-2-3-5-12(10)13/h2-7H,1H3. The van der Waals surface area contributed by atoms with E-state index in [9.17, 15) is 4.79 Å². The van der Waals surface area contributed by atoms with Gasteiger partial charge in [0.15, 0.2) is 5.78 Å². The third-order valence-electron chi connectivity index (χ3n) is 2.40. The van der Waals surface area contributed by atoms with Gasteiger partial charge in [-0.25, -0.2) is 0 Å². The number of hydrogen-bond donors (Lipinski definition) is 0. The van der Waals surface area contributed by atoms with Gasteiger partial charge in [-0.15, -0.1) is 0 Å². The molecule has 0 saturated heterocycles. The zero-order chi connectivity index (χ0) is 10.8. The van der Waals surface area contributed by atoms with E-state index in [4.69, 9.17) is 5.26 Å². The number of hydrogen-bond acceptors (Lipinski definition) is 2. The lowest BCUT2D eigenvalue weighted by molar-refractivity contribution is 0.101. The molecule has 0 radical (unpaired) electrons. The summed E-state index contributed by atoms with van der Waals surface area (Å²) >= 11 is 0. The predicted molar refractivity (Wildman–Crippen MR) is 58.7 cm³/mol. The van der Waals surface area contributed by atoms with Crippen LogP contribution >= 0.6 is 0 Å². The third kappa shape index (κ3) is 1.49. The topological polar surface area (TPSA) is 40.9 Å². The van der Waals surface area contributed by atoms with Crippen molar-refractivity contribution < 1.29 is 4.79 Å². The van der Waals surface area contributed by atoms with Crippen molar-refractivity contribution in [1.29, 1.82) is 5.26 Å². The summed E-state index contributed by atoms with van der Waals surface area (Å²) in [7, 11) is 0. The molecule has 2 aromatic carbocycles. The Labute approximate surface area is 87.8 Å². The second-order valence-electron chi connectivity index (χ2n) is 3.38. The van der Waals surface area contributed by atoms with Gasteiger partial charge in [0.1, 0.15) is 0 Å². The first-order valence-electron chi connectivity index (χ1n) is 4.67. The highest BCUT2D eigenvalue weighted by Crippen LogP contribution is 2.22. The second kappa shape index (κ2) is 3.55. The molecule has 0 N–H and O–H groups in total. The Morgan fingerprint density at radius 2 is 1.93 bits per heavy atom. The van der Waals surface area contributed by atoms with Crippen LogP contribution in [0.4, 0.5) is 0 Å². The number of carbonyl (C=O) groups excluding carboxylic acids is 1. The molecule has 0 aromatic heterocycles. The summed E-state index contributed by atoms with van der Waals surface area (Å²) < 4.78 is 0. The molecule has 2 rings (SSSR count). The van der Waals surface area contributed by atoms with Crippen LogP contribution in [-0.2, 0) is 0 Å². The molecule has 0 unspecified atom stereocenters. The molecule has 15 heavy (non-hydrogen) atoms. The molecule has 0 aliphatic heterocycles. The number of nitriles is 1. The molecule has 2 heteroatoms. The lowest BCUT2D eigenvalue weighted by atomic mass is 9.97. The molecule has 0 heterocycles. The van der Waals surface area contributed by atoms with Crippen molar-refractivity contribution in [3.05, 3.63) is 47.5 Å². The van der Waals surface area contributed by atoms with E-state index in [2.05, 4.69) is 0 Å². The monoisotopic (exact) mass is 195 g/mol. The molecule has 0 aliphatic rings. The van der Waals surface area contributed by atoms with Gasteiger partial charge in [-0.3, -0.25) is 4.79 Å². The quantitative estimate of drug-likeness (QED) is 0.656. The van der Waals surface area contributed by atoms with E-state index < -0.39 is 0 Å². The van der Waals surface area contributed by atoms with Crippen LogP contribution in [0, 0.1) is 11.3 Å². The van der Waals surface area contributed by atoms with Gasteiger partial charge in [0, 0.05) is 5.56 Å². The van der Waals surface area contributed by atoms with Gasteiger partial charge >= 0.3 is 0 Å². The van der Waals surface area contributed by atoms with Gasteiger partial charge in [0.2, 0.25) is 0 Å². The van der Waals surface area contributed by atoms with Crippen LogP contribution in [0.3, 0.4) is 0 Å². The summed E-state index contributed by atoms with van der Waals surface area (Å²) in [6, 6.07) is 13.2. The minimum Gasteiger partial charge on any atom is -0.294 e. The Kier molecular flexibility index (Phi) is 2.23. The third-order valence-corrected chi connectivity index (χ3v) is 2.40. The van der Waals surface area contributed by atoms with Crippen LogP contribution < -0.4 is 0 Å². The highest BCUT2D eigenvalue weighted by Gasteiger charge is 2.10. The number of fused-ring (bicyclic) bond motifs is 1. The van der Waals surface area contributed by atoms with Crippen LogP contribution in [0.1, 0.15) is 22.8 Å². The van der Waals surface area contributed by atoms with E-state index in [1.807, 2.05) is 36.4 Å². The summed E-state index contributed by atoms with van der Waals surface area (Å²) in [6.45, 7) is 1.49. The minimum atomic E-state index is -0.0663. The molecular formula is C13H9NO. The summed E-state index contributed by atoms with van der Waals surface area (Å²) in [6.07, 6.45) is 0. The van der Waals surface area contributed by atoms with Crippen molar-refractivity contribution in [2.45, 2.75) is 6.92 Å². The van der Waals surface area contributed by atoms with Gasteiger partial charge < -0.3 is 0 Å². The first-order chi connectivity index (χ1) is 7.24. The average Bonchev–Trinajstić information content (AvgIpc) is 2.27. The molecule has 0 spiro atoms. The van der Waals surface area contributed by atoms with E-state index in [0.29, 0.717) is 11.1 Å². The normalized spacial score (nSPS) is 9.87. The summed E-state index contributed by atoms with van der Waals surface area (Å²) in [5.41, 5.74) is 0.969. The van der Waals surface area contributed by atoms with Gasteiger partial charge in [-0.05, 0) is 23.8 Å². The Morgan fingerprint density at radius 3 is 2.60 bits per heavy atom. The molecular weight excluding hydrogens is 186 g/mol. The maximum absolute atomic E-state index is 11.5. The largest absolute Gasteiger partial charge is 0.294 e. The summed E-state index contributed by atoms with van der Waals surface area (Å²) in [5.74, 6) is -0.0663. The average molecular weight is 195 g/mol. The van der Waals surface area contributed by atoms with Crippen molar-refractivity contribution in [3.8, 4) is 6.07 Å². The van der Waals surface area contributed by atoms with E-state index in [-0.39, 0.29) is 5.78 Å². The molecule has 0 bridgehead atoms. The fourth-order valence-electron chi connectivity index (χ4n) is 1.74. The fraction of sp³-hybridized carbons (Fsp3) is 0.0769. The first kappa shape index (κ1) is 9.42. The summed E-state index contributed by atoms with van der Waals surface area (Å²) in [4.78, 5) is 11.5. The molecule has 72 valence electrons. The predicted octanol–water partition coefficient (Wildman–Crippen LogP) is 2.91. The van der Waals surface area contributed by atoms with Crippen LogP contribution in [0.25, 0.3) is 10.8 Å². The lowest BCUT2D eigenvalue weighted by Gasteiger charge is -2.04. The molecule has 2 nitrogen and oxygen atoms in total. The molecule has 2 aromatic rings. The number of rotatable bonds is 1. The molecule has 0 amide bonds. The van der Waals surface area contributed by atoms with Crippen molar-refractivity contribution >= 4 is 16.6 Å². The minimum absolute atomic E-state index is 0.0663. The van der Waals surface area contributed by atoms with Gasteiger partial charge in [-0.1, -0.05) is 30.3 Å². The van der Waals surface area contributed by atoms with Gasteiger partial charge in [0.25, 0.3) is 0 Å². The highest BCUT2D eigenvalue weighted by molar-refractivity contribution is 6.09. The summed E-state index contributed by atoms with van der Waals surface area (Å²) in [5, 5.41) is 10.8. The SMILES string of the molecule is CC(=O)c1c(C#N)ccc2ccccc12. The molecule has 0 aliphatic carbocycles. The van der Waals surface area contributed by atoms with Crippen LogP contribution in [0.5, 0.6) is 0 Å². The zero-order valence-corrected chi connectivity index (χ0v) is 8.32. The number of benzene rings is 2. The van der Waals surface area contributed by atoms with Crippen molar-refractivity contribution in [2.75, 3.05) is 0 Å². The van der Waals surface area contributed by atoms with E-state index in [1.165, 1.54) is 6.92 Å². The molecule has 0 atom stereocenters. The van der Waals surface area contributed by atoms with E-state index >= 15 is 0 Å². The Hall–Kier alpha value is -2.14. The number of Topliss-reactive ketones (excluding diaryl/α,β-unsaturated/α-hetero) is 1. The Bertz CT molecular complexity index is 579. The van der Waals surface area contributed by atoms with Crippen LogP contribution in [-0.4, -0.2) is 5.78 Å². The van der Waals surface area contributed by atoms with Crippen molar-refractivity contribution in [3.63, 3.8) is 0 Å². The number of carbonyl (C=O) groups is 1. The van der Waals surface area contributed by atoms with Gasteiger partial charge in [-0.2, -0.15) is 5.26 Å². The Balaban J connectivity index is 2.92. The maximum atomic E-state index is 11.5. The maximum Gasteiger partial charge on any atom is 0.161 e. The fourth-order valence-corrected chi connectivity index (χ4v) is 1.74. The number of nitrogens with zero attached hydrogens (tertiary/aromatic N) is 1. The van der Waals surface area contributed by atoms with Crippen molar-refractivity contribution in [2.24, 2.45) is 0 Å². The molecule has 0 fully saturated rings. The Morgan fingerprint density at radius 1 is 1.20 bits per heavy atom. The zero-order valence-electron chi connectivity index (χ0n) is 8.32. The van der Waals surface area contributed by atoms with E-state index in [1.54, 1.807) is 6.07 Å². The second-order valence-corrected chi connectivity index (χ2v) is 3.38. The van der Waals surface area contributed by atoms with Crippen LogP contribution in [0.2, 0.25) is 0 Å².